The van der Waals surface area contributed by atoms with E-state index in [1.807, 2.05) is 0 Å². The van der Waals surface area contributed by atoms with Crippen molar-refractivity contribution in [3.63, 3.8) is 0 Å². The molecule has 0 aromatic heterocycles. The molecule has 4 atom stereocenters. The molecule has 0 heterocycles. The first kappa shape index (κ1) is 78.6. The molecule has 2 fully saturated rings. The summed E-state index contributed by atoms with van der Waals surface area (Å²) >= 11 is 0. The molecule has 0 bridgehead atoms. The Bertz CT molecular complexity index is 3180. The number of rotatable bonds is 5. The second-order valence-electron chi connectivity index (χ2n) is 43.4. The van der Waals surface area contributed by atoms with E-state index < -0.39 is 0 Å². The summed E-state index contributed by atoms with van der Waals surface area (Å²) in [5.41, 5.74) is 17.2. The van der Waals surface area contributed by atoms with Crippen LogP contribution in [0.4, 0.5) is 0 Å². The van der Waals surface area contributed by atoms with Crippen molar-refractivity contribution in [1.82, 2.24) is 0 Å². The van der Waals surface area contributed by atoms with Gasteiger partial charge in [0.2, 0.25) is 0 Å². The van der Waals surface area contributed by atoms with Crippen LogP contribution >= 0.6 is 32.8 Å². The zero-order chi connectivity index (χ0) is 71.3. The van der Waals surface area contributed by atoms with Crippen LogP contribution in [0.2, 0.25) is 0 Å². The SMILES string of the molecule is CC(C)(C)c1cc(C(C)(C)C)c(P=C2C(=Pc3c(C(C)(C)C)cc(C(C)(C)C)cc3C(C)(C)C)[C@H](C(C)(C)C)[C@H]2[C@@H]2C(=Pc3c(C(C)(C)C)cc(C(C)(C)C)cc3C(C)(C)C)C(=Pc3c(C(C)(C)C)cc(C(C)(C)C)cc3C(C)(C)C)[C@@H]2C(C)(C)C)c(C(C)(C)C)c1. The summed E-state index contributed by atoms with van der Waals surface area (Å²) in [6.45, 7) is 105. The monoisotopic (exact) mass is 1320 g/mol. The van der Waals surface area contributed by atoms with Crippen molar-refractivity contribution in [2.75, 3.05) is 0 Å². The first-order valence-electron chi connectivity index (χ1n) is 35.6. The molecule has 4 aromatic carbocycles. The lowest BCUT2D eigenvalue weighted by atomic mass is 9.48. The van der Waals surface area contributed by atoms with E-state index in [-0.39, 0.29) is 75.8 Å². The highest BCUT2D eigenvalue weighted by Crippen LogP contribution is 2.60. The molecule has 0 saturated heterocycles. The topological polar surface area (TPSA) is 0 Å². The Morgan fingerprint density at radius 3 is 0.424 bits per heavy atom. The van der Waals surface area contributed by atoms with Crippen LogP contribution < -0.4 is 21.2 Å². The molecule has 4 aromatic rings. The highest BCUT2D eigenvalue weighted by Gasteiger charge is 2.61. The summed E-state index contributed by atoms with van der Waals surface area (Å²) in [7, 11) is 5.53. The minimum absolute atomic E-state index is 0.00331. The van der Waals surface area contributed by atoms with Crippen molar-refractivity contribution in [3.05, 3.63) is 115 Å². The third-order valence-electron chi connectivity index (χ3n) is 20.0. The maximum absolute atomic E-state index is 2.65. The number of hydrogen-bond donors (Lipinski definition) is 0. The second kappa shape index (κ2) is 24.8. The van der Waals surface area contributed by atoms with Crippen molar-refractivity contribution in [1.29, 1.82) is 0 Å². The van der Waals surface area contributed by atoms with Crippen molar-refractivity contribution < 1.29 is 0 Å². The van der Waals surface area contributed by atoms with Gasteiger partial charge in [-0.2, -0.15) is 0 Å². The minimum atomic E-state index is -0.0869. The third-order valence-corrected chi connectivity index (χ3v) is 26.3. The molecule has 2 saturated carbocycles. The van der Waals surface area contributed by atoms with Crippen molar-refractivity contribution in [2.45, 2.75) is 356 Å². The van der Waals surface area contributed by atoms with Gasteiger partial charge in [0.1, 0.15) is 0 Å². The van der Waals surface area contributed by atoms with Crippen LogP contribution in [0.25, 0.3) is 0 Å². The maximum atomic E-state index is 2.65. The third kappa shape index (κ3) is 16.8. The van der Waals surface area contributed by atoms with E-state index in [0.717, 1.165) is 0 Å². The van der Waals surface area contributed by atoms with Gasteiger partial charge in [0.05, 0.1) is 0 Å². The molecule has 0 radical (unpaired) electrons. The van der Waals surface area contributed by atoms with Gasteiger partial charge in [-0.3, -0.25) is 0 Å². The van der Waals surface area contributed by atoms with Gasteiger partial charge in [-0.1, -0.05) is 372 Å². The zero-order valence-corrected chi connectivity index (χ0v) is 71.3. The standard InChI is InChI=1S/C88H138P4/c1-75(2,3)51-43-55(79(13,14)15)67(56(44-51)80(16,17)18)89-71-63(65(87(37,38)39)73(71)91-69-59(83(25,26)27)47-53(77(7,8)9)48-60(69)84(28,29)30)64-66(88(40,41)42)74(92-70-61(85(31,32)33)49-54(78(10,11)12)50-62(70)86(34,35)36)72(64)90-68-57(81(19,20)21)45-52(76(4,5)6)46-58(68)82(22,23)24/h43-50,63-66H,1-42H3/t63-,64+,65-,66-/m1/s1. The van der Waals surface area contributed by atoms with E-state index in [9.17, 15) is 0 Å². The Kier molecular flexibility index (Phi) is 21.2. The number of hydrogen-bond acceptors (Lipinski definition) is 0. The van der Waals surface area contributed by atoms with Crippen LogP contribution in [0.1, 0.15) is 358 Å². The predicted molar refractivity (Wildman–Crippen MR) is 429 cm³/mol. The lowest BCUT2D eigenvalue weighted by Gasteiger charge is -2.60. The first-order chi connectivity index (χ1) is 40.5. The molecule has 2 aliphatic rings. The molecule has 4 heteroatoms. The summed E-state index contributed by atoms with van der Waals surface area (Å²) in [6.07, 6.45) is 0. The van der Waals surface area contributed by atoms with Crippen LogP contribution in [0.5, 0.6) is 0 Å². The first-order valence-corrected chi connectivity index (χ1v) is 39.2. The Balaban J connectivity index is 2.04. The van der Waals surface area contributed by atoms with Gasteiger partial charge in [0.25, 0.3) is 0 Å². The molecule has 2 aliphatic carbocycles. The van der Waals surface area contributed by atoms with Crippen LogP contribution in [0, 0.1) is 34.5 Å². The van der Waals surface area contributed by atoms with E-state index in [2.05, 4.69) is 339 Å². The molecule has 6 rings (SSSR count). The highest BCUT2D eigenvalue weighted by atomic mass is 31.1. The molecule has 92 heavy (non-hydrogen) atoms. The van der Waals surface area contributed by atoms with Gasteiger partial charge < -0.3 is 0 Å². The van der Waals surface area contributed by atoms with Crippen molar-refractivity contribution >= 4 is 75.2 Å². The van der Waals surface area contributed by atoms with Crippen LogP contribution in [0.3, 0.4) is 0 Å². The second-order valence-corrected chi connectivity index (χ2v) is 48.0. The van der Waals surface area contributed by atoms with Crippen LogP contribution in [-0.4, -0.2) is 21.2 Å². The predicted octanol–water partition coefficient (Wildman–Crippen LogP) is 24.9. The summed E-state index contributed by atoms with van der Waals surface area (Å²) < 4.78 is 0. The zero-order valence-electron chi connectivity index (χ0n) is 67.7. The average molecular weight is 1320 g/mol. The van der Waals surface area contributed by atoms with Crippen LogP contribution in [0.15, 0.2) is 48.5 Å². The molecule has 510 valence electrons. The van der Waals surface area contributed by atoms with E-state index >= 15 is 0 Å². The highest BCUT2D eigenvalue weighted by molar-refractivity contribution is 7.62. The minimum Gasteiger partial charge on any atom is -0.0633 e. The average Bonchev–Trinajstić information content (AvgIpc) is 0.687. The molecule has 0 amide bonds. The number of benzene rings is 4. The van der Waals surface area contributed by atoms with Crippen molar-refractivity contribution in [2.24, 2.45) is 34.5 Å². The Morgan fingerprint density at radius 2 is 0.315 bits per heavy atom. The van der Waals surface area contributed by atoms with Gasteiger partial charge in [0.15, 0.2) is 0 Å². The Hall–Kier alpha value is -2.44. The van der Waals surface area contributed by atoms with Crippen molar-refractivity contribution in [3.8, 4) is 0 Å². The molecular weight excluding hydrogens is 1180 g/mol. The Labute approximate surface area is 577 Å². The lowest BCUT2D eigenvalue weighted by molar-refractivity contribution is 0.164. The fourth-order valence-electron chi connectivity index (χ4n) is 14.1. The van der Waals surface area contributed by atoms with Gasteiger partial charge in [0, 0.05) is 44.9 Å². The van der Waals surface area contributed by atoms with E-state index in [1.165, 1.54) is 99.6 Å². The molecule has 0 unspecified atom stereocenters. The summed E-state index contributed by atoms with van der Waals surface area (Å²) in [5.74, 6) is 1.25. The molecule has 0 spiro atoms. The van der Waals surface area contributed by atoms with E-state index in [4.69, 9.17) is 0 Å². The van der Waals surface area contributed by atoms with E-state index in [1.54, 1.807) is 42.4 Å². The molecule has 0 N–H and O–H groups in total. The molecular formula is C88H138P4. The molecule has 0 nitrogen and oxygen atoms in total. The smallest absolute Gasteiger partial charge is 0.00956 e. The fraction of sp³-hybridized carbons (Fsp3) is 0.682. The molecule has 0 aliphatic heterocycles. The largest absolute Gasteiger partial charge is 0.0633 e. The van der Waals surface area contributed by atoms with Gasteiger partial charge in [-0.05, 0) is 164 Å². The fourth-order valence-corrected chi connectivity index (χ4v) is 23.2. The Morgan fingerprint density at radius 1 is 0.185 bits per heavy atom. The van der Waals surface area contributed by atoms with Gasteiger partial charge >= 0.3 is 0 Å². The van der Waals surface area contributed by atoms with Gasteiger partial charge in [-0.25, -0.2) is 0 Å². The summed E-state index contributed by atoms with van der Waals surface area (Å²) in [5, 5.41) is 12.9. The van der Waals surface area contributed by atoms with E-state index in [0.29, 0.717) is 23.7 Å². The summed E-state index contributed by atoms with van der Waals surface area (Å²) in [4.78, 5) is 0. The summed E-state index contributed by atoms with van der Waals surface area (Å²) in [6, 6.07) is 21.2. The van der Waals surface area contributed by atoms with Gasteiger partial charge in [-0.15, -0.1) is 0 Å². The lowest BCUT2D eigenvalue weighted by Crippen LogP contribution is -2.66. The van der Waals surface area contributed by atoms with Crippen LogP contribution in [-0.2, 0) is 65.0 Å². The normalized spacial score (nSPS) is 21.0. The maximum Gasteiger partial charge on any atom is 0.00956 e. The quantitative estimate of drug-likeness (QED) is 0.175.